The van der Waals surface area contributed by atoms with Crippen LogP contribution in [0.2, 0.25) is 5.02 Å². The summed E-state index contributed by atoms with van der Waals surface area (Å²) in [4.78, 5) is 21.4. The number of aryl methyl sites for hydroxylation is 1. The van der Waals surface area contributed by atoms with Gasteiger partial charge in [0.25, 0.3) is 0 Å². The van der Waals surface area contributed by atoms with Crippen LogP contribution in [0.1, 0.15) is 31.2 Å². The highest BCUT2D eigenvalue weighted by atomic mass is 35.5. The second-order valence-corrected chi connectivity index (χ2v) is 10.3. The number of anilines is 1. The molecule has 2 aromatic carbocycles. The predicted octanol–water partition coefficient (Wildman–Crippen LogP) is 5.18. The number of para-hydroxylation sites is 1. The first kappa shape index (κ1) is 27.8. The fraction of sp³-hybridized carbons (Fsp3) is 0.462. The number of ether oxygens (including phenoxy) is 1. The number of hydrogen-bond acceptors (Lipinski definition) is 4. The summed E-state index contributed by atoms with van der Waals surface area (Å²) in [5, 5.41) is 12.4. The van der Waals surface area contributed by atoms with Crippen LogP contribution in [0.3, 0.4) is 0 Å². The number of carboxylic acid groups (broad SMARTS) is 1. The summed E-state index contributed by atoms with van der Waals surface area (Å²) >= 11 is 6.16. The molecule has 6 nitrogen and oxygen atoms in total. The molecule has 2 heterocycles. The van der Waals surface area contributed by atoms with Crippen LogP contribution in [0, 0.1) is 12.8 Å². The maximum absolute atomic E-state index is 12.6. The molecule has 1 unspecified atom stereocenters. The third-order valence-corrected chi connectivity index (χ3v) is 7.48. The molecule has 36 heavy (non-hydrogen) atoms. The van der Waals surface area contributed by atoms with Gasteiger partial charge in [-0.1, -0.05) is 41.9 Å². The van der Waals surface area contributed by atoms with E-state index in [1.165, 1.54) is 12.8 Å². The van der Waals surface area contributed by atoms with Gasteiger partial charge in [0.15, 0.2) is 0 Å². The Hall–Kier alpha value is -2.78. The lowest BCUT2D eigenvalue weighted by atomic mass is 9.90. The van der Waals surface area contributed by atoms with Gasteiger partial charge in [-0.25, -0.2) is 4.79 Å². The molecule has 3 atom stereocenters. The lowest BCUT2D eigenvalue weighted by Crippen LogP contribution is -2.55. The average molecular weight is 527 g/mol. The molecule has 0 spiro atoms. The molecular weight excluding hydrogens is 497 g/mol. The number of nitrogens with zero attached hydrogens (tertiary/aromatic N) is 1. The molecule has 196 valence electrons. The second-order valence-electron chi connectivity index (χ2n) is 9.87. The summed E-state index contributed by atoms with van der Waals surface area (Å²) < 4.78 is 38.3. The predicted molar refractivity (Wildman–Crippen MR) is 129 cm³/mol. The molecule has 0 aromatic heterocycles. The Bertz CT molecular complexity index is 1090. The van der Waals surface area contributed by atoms with Crippen molar-refractivity contribution < 1.29 is 37.1 Å². The first-order valence-corrected chi connectivity index (χ1v) is 12.1. The average Bonchev–Trinajstić information content (AvgIpc) is 2.95. The normalized spacial score (nSPS) is 22.2. The minimum Gasteiger partial charge on any atom is -0.542 e. The number of carbonyl (C=O) groups excluding carboxylic acids is 2. The largest absolute Gasteiger partial charge is 0.542 e. The molecular formula is C26H30ClF3N2O4. The molecule has 2 aliphatic heterocycles. The van der Waals surface area contributed by atoms with Crippen LogP contribution in [0.15, 0.2) is 42.5 Å². The molecule has 2 aliphatic rings. The Balaban J connectivity index is 0.000000454. The summed E-state index contributed by atoms with van der Waals surface area (Å²) in [5.74, 6) is -2.54. The number of carboxylic acids is 1. The number of aliphatic carboxylic acids is 1. The molecule has 0 aliphatic carbocycles. The minimum atomic E-state index is -5.19. The van der Waals surface area contributed by atoms with Crippen LogP contribution in [0.25, 0.3) is 11.1 Å². The highest BCUT2D eigenvalue weighted by molar-refractivity contribution is 6.30. The highest BCUT2D eigenvalue weighted by Crippen LogP contribution is 2.42. The third-order valence-electron chi connectivity index (χ3n) is 7.24. The van der Waals surface area contributed by atoms with Crippen molar-refractivity contribution in [2.45, 2.75) is 50.9 Å². The number of nitrogens with one attached hydrogen (secondary N) is 1. The molecule has 0 saturated carbocycles. The monoisotopic (exact) mass is 526 g/mol. The highest BCUT2D eigenvalue weighted by Gasteiger charge is 2.48. The number of quaternary nitrogens is 1. The van der Waals surface area contributed by atoms with E-state index in [1.807, 2.05) is 49.4 Å². The van der Waals surface area contributed by atoms with E-state index in [-0.39, 0.29) is 6.09 Å². The summed E-state index contributed by atoms with van der Waals surface area (Å²) in [6.45, 7) is 2.49. The molecule has 1 N–H and O–H groups in total. The molecule has 10 heteroatoms. The van der Waals surface area contributed by atoms with Gasteiger partial charge >= 0.3 is 12.3 Å². The Kier molecular flexibility index (Phi) is 8.56. The fourth-order valence-electron chi connectivity index (χ4n) is 5.19. The number of fused-ring (bicyclic) bond motifs is 2. The smallest absolute Gasteiger partial charge is 0.430 e. The van der Waals surface area contributed by atoms with Crippen molar-refractivity contribution in [2.24, 2.45) is 5.92 Å². The minimum absolute atomic E-state index is 0.380. The van der Waals surface area contributed by atoms with Crippen molar-refractivity contribution in [2.75, 3.05) is 26.0 Å². The van der Waals surface area contributed by atoms with Gasteiger partial charge in [0.1, 0.15) is 5.97 Å². The first-order chi connectivity index (χ1) is 16.8. The van der Waals surface area contributed by atoms with E-state index in [9.17, 15) is 18.0 Å². The number of carbonyl (C=O) groups is 2. The molecule has 0 radical (unpaired) electrons. The van der Waals surface area contributed by atoms with E-state index in [4.69, 9.17) is 26.2 Å². The van der Waals surface area contributed by atoms with Crippen molar-refractivity contribution in [1.29, 1.82) is 0 Å². The summed E-state index contributed by atoms with van der Waals surface area (Å²) in [5.41, 5.74) is 3.69. The van der Waals surface area contributed by atoms with Crippen LogP contribution in [-0.4, -0.2) is 55.5 Å². The molecule has 2 aromatic rings. The van der Waals surface area contributed by atoms with Crippen LogP contribution >= 0.6 is 11.6 Å². The number of alkyl halides is 3. The lowest BCUT2D eigenvalue weighted by Gasteiger charge is -2.44. The molecule has 2 saturated heterocycles. The number of halogens is 4. The van der Waals surface area contributed by atoms with Crippen molar-refractivity contribution in [1.82, 2.24) is 0 Å². The number of piperidine rings is 1. The van der Waals surface area contributed by atoms with E-state index in [0.29, 0.717) is 29.6 Å². The van der Waals surface area contributed by atoms with Gasteiger partial charge in [-0.2, -0.15) is 13.2 Å². The van der Waals surface area contributed by atoms with Crippen LogP contribution in [0.4, 0.5) is 23.7 Å². The van der Waals surface area contributed by atoms with Crippen LogP contribution < -0.4 is 10.4 Å². The van der Waals surface area contributed by atoms with Gasteiger partial charge in [0, 0.05) is 42.2 Å². The Labute approximate surface area is 213 Å². The standard InChI is InChI=1S/C24H29ClN2O2.C2HF3O2/c1-16-6-4-9-22(18-7-5-8-19(25)14-18)23(16)26-24(28)29-15-17-12-20-10-11-21(13-17)27(20,2)3;3-2(4,5)1(6)7/h4-9,14,17,20-21H,10-13,15H2,1-3H3;(H,6,7)/t17?,20-,21+;. The zero-order chi connectivity index (χ0) is 26.7. The first-order valence-electron chi connectivity index (χ1n) is 11.7. The summed E-state index contributed by atoms with van der Waals surface area (Å²) in [6.07, 6.45) is -0.683. The fourth-order valence-corrected chi connectivity index (χ4v) is 5.38. The van der Waals surface area contributed by atoms with Crippen molar-refractivity contribution in [3.63, 3.8) is 0 Å². The number of benzene rings is 2. The van der Waals surface area contributed by atoms with Gasteiger partial charge in [-0.3, -0.25) is 5.32 Å². The van der Waals surface area contributed by atoms with Crippen molar-refractivity contribution in [3.8, 4) is 11.1 Å². The second kappa shape index (κ2) is 11.1. The summed E-state index contributed by atoms with van der Waals surface area (Å²) in [7, 11) is 4.70. The maximum Gasteiger partial charge on any atom is 0.430 e. The van der Waals surface area contributed by atoms with E-state index in [2.05, 4.69) is 19.4 Å². The molecule has 2 bridgehead atoms. The van der Waals surface area contributed by atoms with Gasteiger partial charge in [0.05, 0.1) is 38.5 Å². The number of amides is 1. The Morgan fingerprint density at radius 3 is 2.25 bits per heavy atom. The molecule has 1 amide bonds. The van der Waals surface area contributed by atoms with Crippen LogP contribution in [0.5, 0.6) is 0 Å². The third kappa shape index (κ3) is 6.70. The number of hydrogen-bond donors (Lipinski definition) is 1. The van der Waals surface area contributed by atoms with Crippen molar-refractivity contribution >= 4 is 29.4 Å². The Morgan fingerprint density at radius 1 is 1.11 bits per heavy atom. The van der Waals surface area contributed by atoms with Crippen LogP contribution in [-0.2, 0) is 9.53 Å². The topological polar surface area (TPSA) is 78.5 Å². The summed E-state index contributed by atoms with van der Waals surface area (Å²) in [6, 6.07) is 15.0. The quantitative estimate of drug-likeness (QED) is 0.557. The zero-order valence-electron chi connectivity index (χ0n) is 20.4. The van der Waals surface area contributed by atoms with E-state index in [0.717, 1.165) is 39.7 Å². The zero-order valence-corrected chi connectivity index (χ0v) is 21.2. The van der Waals surface area contributed by atoms with E-state index < -0.39 is 12.1 Å². The Morgan fingerprint density at radius 2 is 1.69 bits per heavy atom. The van der Waals surface area contributed by atoms with E-state index in [1.54, 1.807) is 0 Å². The van der Waals surface area contributed by atoms with E-state index >= 15 is 0 Å². The van der Waals surface area contributed by atoms with Gasteiger partial charge in [0.2, 0.25) is 0 Å². The van der Waals surface area contributed by atoms with Gasteiger partial charge < -0.3 is 19.1 Å². The maximum atomic E-state index is 12.6. The number of rotatable bonds is 4. The van der Waals surface area contributed by atoms with Crippen molar-refractivity contribution in [3.05, 3.63) is 53.1 Å². The lowest BCUT2D eigenvalue weighted by molar-refractivity contribution is -0.931. The SMILES string of the molecule is Cc1cccc(-c2cccc(Cl)c2)c1NC(=O)OCC1C[C@H]2CC[C@@H](C1)[N+]2(C)C.O=C([O-])C(F)(F)F. The molecule has 2 fully saturated rings. The van der Waals surface area contributed by atoms with Gasteiger partial charge in [-0.05, 0) is 30.2 Å². The molecule has 4 rings (SSSR count). The van der Waals surface area contributed by atoms with Gasteiger partial charge in [-0.15, -0.1) is 0 Å².